The van der Waals surface area contributed by atoms with E-state index in [1.807, 2.05) is 18.2 Å². The number of nitrogens with one attached hydrogen (secondary N) is 1. The molecule has 1 N–H and O–H groups in total. The largest absolute Gasteiger partial charge is 0.372 e. The van der Waals surface area contributed by atoms with Crippen LogP contribution in [-0.2, 0) is 9.53 Å². The van der Waals surface area contributed by atoms with Gasteiger partial charge in [0.1, 0.15) is 0 Å². The number of benzene rings is 1. The number of morpholine rings is 1. The van der Waals surface area contributed by atoms with E-state index in [4.69, 9.17) is 4.74 Å². The molecule has 0 aromatic heterocycles. The Kier molecular flexibility index (Phi) is 3.89. The summed E-state index contributed by atoms with van der Waals surface area (Å²) in [7, 11) is 0. The second kappa shape index (κ2) is 5.68. The Morgan fingerprint density at radius 2 is 1.81 bits per heavy atom. The fourth-order valence-corrected chi connectivity index (χ4v) is 3.14. The maximum Gasteiger partial charge on any atom is 0.227 e. The summed E-state index contributed by atoms with van der Waals surface area (Å²) in [5.41, 5.74) is 2.02. The summed E-state index contributed by atoms with van der Waals surface area (Å²) in [6.07, 6.45) is 1.43. The standard InChI is InChI=1S/C17H24N2O2/c1-11-8-14(11)17(20)18-15-6-4-5-7-16(15)19-9-12(2)21-13(3)10-19/h4-7,11-14H,8-10H2,1-3H3,(H,18,20). The van der Waals surface area contributed by atoms with Gasteiger partial charge >= 0.3 is 0 Å². The summed E-state index contributed by atoms with van der Waals surface area (Å²) in [4.78, 5) is 14.5. The fraction of sp³-hybridized carbons (Fsp3) is 0.588. The van der Waals surface area contributed by atoms with E-state index in [2.05, 4.69) is 37.1 Å². The highest BCUT2D eigenvalue weighted by Gasteiger charge is 2.39. The first-order chi connectivity index (χ1) is 10.0. The van der Waals surface area contributed by atoms with E-state index in [-0.39, 0.29) is 24.0 Å². The first-order valence-electron chi connectivity index (χ1n) is 7.85. The van der Waals surface area contributed by atoms with Crippen molar-refractivity contribution in [2.75, 3.05) is 23.3 Å². The van der Waals surface area contributed by atoms with Gasteiger partial charge in [-0.05, 0) is 38.3 Å². The smallest absolute Gasteiger partial charge is 0.227 e. The molecule has 114 valence electrons. The van der Waals surface area contributed by atoms with Crippen molar-refractivity contribution in [3.8, 4) is 0 Å². The van der Waals surface area contributed by atoms with Crippen molar-refractivity contribution in [2.24, 2.45) is 11.8 Å². The molecule has 1 saturated heterocycles. The number of hydrogen-bond donors (Lipinski definition) is 1. The van der Waals surface area contributed by atoms with Crippen LogP contribution in [0.15, 0.2) is 24.3 Å². The molecule has 0 bridgehead atoms. The minimum absolute atomic E-state index is 0.157. The summed E-state index contributed by atoms with van der Waals surface area (Å²) in [5.74, 6) is 0.880. The van der Waals surface area contributed by atoms with Gasteiger partial charge in [0, 0.05) is 19.0 Å². The van der Waals surface area contributed by atoms with Crippen molar-refractivity contribution in [2.45, 2.75) is 39.4 Å². The Balaban J connectivity index is 1.77. The van der Waals surface area contributed by atoms with Crippen LogP contribution in [0.4, 0.5) is 11.4 Å². The van der Waals surface area contributed by atoms with Crippen molar-refractivity contribution < 1.29 is 9.53 Å². The topological polar surface area (TPSA) is 41.6 Å². The van der Waals surface area contributed by atoms with E-state index >= 15 is 0 Å². The maximum atomic E-state index is 12.2. The molecule has 0 spiro atoms. The van der Waals surface area contributed by atoms with Crippen LogP contribution in [0.25, 0.3) is 0 Å². The number of para-hydroxylation sites is 2. The van der Waals surface area contributed by atoms with Crippen LogP contribution < -0.4 is 10.2 Å². The lowest BCUT2D eigenvalue weighted by Gasteiger charge is -2.37. The zero-order chi connectivity index (χ0) is 15.0. The molecular weight excluding hydrogens is 264 g/mol. The van der Waals surface area contributed by atoms with E-state index in [1.165, 1.54) is 0 Å². The van der Waals surface area contributed by atoms with Crippen LogP contribution in [0.3, 0.4) is 0 Å². The predicted molar refractivity (Wildman–Crippen MR) is 84.6 cm³/mol. The molecule has 2 aliphatic rings. The third-order valence-electron chi connectivity index (χ3n) is 4.37. The maximum absolute atomic E-state index is 12.2. The quantitative estimate of drug-likeness (QED) is 0.930. The number of hydrogen-bond acceptors (Lipinski definition) is 3. The molecule has 4 unspecified atom stereocenters. The number of rotatable bonds is 3. The molecule has 1 amide bonds. The van der Waals surface area contributed by atoms with Crippen molar-refractivity contribution >= 4 is 17.3 Å². The molecule has 3 rings (SSSR count). The molecule has 1 heterocycles. The zero-order valence-electron chi connectivity index (χ0n) is 13.0. The molecular formula is C17H24N2O2. The molecule has 4 heteroatoms. The van der Waals surface area contributed by atoms with Gasteiger partial charge in [0.25, 0.3) is 0 Å². The van der Waals surface area contributed by atoms with Gasteiger partial charge in [-0.3, -0.25) is 4.79 Å². The summed E-state index contributed by atoms with van der Waals surface area (Å²) >= 11 is 0. The van der Waals surface area contributed by atoms with Gasteiger partial charge < -0.3 is 15.0 Å². The molecule has 1 aromatic rings. The summed E-state index contributed by atoms with van der Waals surface area (Å²) in [6, 6.07) is 8.07. The molecule has 1 aromatic carbocycles. The molecule has 4 atom stereocenters. The summed E-state index contributed by atoms with van der Waals surface area (Å²) < 4.78 is 5.79. The van der Waals surface area contributed by atoms with Crippen LogP contribution >= 0.6 is 0 Å². The Morgan fingerprint density at radius 3 is 2.43 bits per heavy atom. The number of anilines is 2. The number of ether oxygens (including phenoxy) is 1. The lowest BCUT2D eigenvalue weighted by Crippen LogP contribution is -2.45. The zero-order valence-corrected chi connectivity index (χ0v) is 13.0. The van der Waals surface area contributed by atoms with Gasteiger partial charge in [-0.15, -0.1) is 0 Å². The van der Waals surface area contributed by atoms with E-state index in [9.17, 15) is 4.79 Å². The highest BCUT2D eigenvalue weighted by Crippen LogP contribution is 2.39. The average Bonchev–Trinajstić information content (AvgIpc) is 3.15. The second-order valence-electron chi connectivity index (χ2n) is 6.49. The van der Waals surface area contributed by atoms with E-state index in [0.717, 1.165) is 30.9 Å². The van der Waals surface area contributed by atoms with Crippen LogP contribution in [0.1, 0.15) is 27.2 Å². The Labute approximate surface area is 126 Å². The molecule has 1 aliphatic heterocycles. The van der Waals surface area contributed by atoms with Crippen molar-refractivity contribution in [3.05, 3.63) is 24.3 Å². The SMILES string of the molecule is CC1CN(c2ccccc2NC(=O)C2CC2C)CC(C)O1. The molecule has 0 radical (unpaired) electrons. The second-order valence-corrected chi connectivity index (χ2v) is 6.49. The van der Waals surface area contributed by atoms with Crippen LogP contribution in [0.5, 0.6) is 0 Å². The molecule has 1 aliphatic carbocycles. The van der Waals surface area contributed by atoms with E-state index < -0.39 is 0 Å². The van der Waals surface area contributed by atoms with E-state index in [1.54, 1.807) is 0 Å². The molecule has 1 saturated carbocycles. The minimum Gasteiger partial charge on any atom is -0.372 e. The number of carbonyl (C=O) groups is 1. The normalized spacial score (nSPS) is 31.9. The summed E-state index contributed by atoms with van der Waals surface area (Å²) in [6.45, 7) is 8.03. The van der Waals surface area contributed by atoms with Gasteiger partial charge in [-0.1, -0.05) is 19.1 Å². The average molecular weight is 288 g/mol. The highest BCUT2D eigenvalue weighted by atomic mass is 16.5. The number of nitrogens with zero attached hydrogens (tertiary/aromatic N) is 1. The lowest BCUT2D eigenvalue weighted by atomic mass is 10.1. The van der Waals surface area contributed by atoms with Crippen LogP contribution in [0.2, 0.25) is 0 Å². The first-order valence-corrected chi connectivity index (χ1v) is 7.85. The molecule has 21 heavy (non-hydrogen) atoms. The Hall–Kier alpha value is -1.55. The number of amides is 1. The van der Waals surface area contributed by atoms with Gasteiger partial charge in [-0.2, -0.15) is 0 Å². The monoisotopic (exact) mass is 288 g/mol. The Bertz CT molecular complexity index is 521. The van der Waals surface area contributed by atoms with Gasteiger partial charge in [0.15, 0.2) is 0 Å². The highest BCUT2D eigenvalue weighted by molar-refractivity contribution is 5.97. The third kappa shape index (κ3) is 3.21. The fourth-order valence-electron chi connectivity index (χ4n) is 3.14. The molecule has 2 fully saturated rings. The predicted octanol–water partition coefficient (Wildman–Crippen LogP) is 2.89. The first kappa shape index (κ1) is 14.4. The van der Waals surface area contributed by atoms with Crippen molar-refractivity contribution in [1.29, 1.82) is 0 Å². The van der Waals surface area contributed by atoms with Crippen LogP contribution in [0, 0.1) is 11.8 Å². The van der Waals surface area contributed by atoms with Crippen LogP contribution in [-0.4, -0.2) is 31.2 Å². The van der Waals surface area contributed by atoms with Gasteiger partial charge in [0.05, 0.1) is 23.6 Å². The van der Waals surface area contributed by atoms with Crippen molar-refractivity contribution in [1.82, 2.24) is 0 Å². The Morgan fingerprint density at radius 1 is 1.19 bits per heavy atom. The lowest BCUT2D eigenvalue weighted by molar-refractivity contribution is -0.117. The van der Waals surface area contributed by atoms with E-state index in [0.29, 0.717) is 5.92 Å². The van der Waals surface area contributed by atoms with Gasteiger partial charge in [0.2, 0.25) is 5.91 Å². The van der Waals surface area contributed by atoms with Gasteiger partial charge in [-0.25, -0.2) is 0 Å². The third-order valence-corrected chi connectivity index (χ3v) is 4.37. The molecule has 4 nitrogen and oxygen atoms in total. The summed E-state index contributed by atoms with van der Waals surface area (Å²) in [5, 5.41) is 3.11. The number of carbonyl (C=O) groups excluding carboxylic acids is 1. The minimum atomic E-state index is 0.157. The van der Waals surface area contributed by atoms with Crippen molar-refractivity contribution in [3.63, 3.8) is 0 Å².